The molecule has 1 aromatic rings. The molecule has 2 amide bonds. The number of hydrogen-bond acceptors (Lipinski definition) is 3. The normalized spacial score (nSPS) is 11.6. The number of rotatable bonds is 6. The van der Waals surface area contributed by atoms with Crippen molar-refractivity contribution in [3.63, 3.8) is 0 Å². The Bertz CT molecular complexity index is 488. The summed E-state index contributed by atoms with van der Waals surface area (Å²) in [6.45, 7) is 4.64. The molecule has 1 atom stereocenters. The highest BCUT2D eigenvalue weighted by atomic mass is 16.5. The summed E-state index contributed by atoms with van der Waals surface area (Å²) in [6.07, 6.45) is 0.970. The Hall–Kier alpha value is -2.24. The highest BCUT2D eigenvalue weighted by Gasteiger charge is 2.11. The van der Waals surface area contributed by atoms with Crippen molar-refractivity contribution in [2.75, 3.05) is 19.0 Å². The van der Waals surface area contributed by atoms with Gasteiger partial charge in [-0.3, -0.25) is 0 Å². The molecule has 6 nitrogen and oxygen atoms in total. The third kappa shape index (κ3) is 4.46. The van der Waals surface area contributed by atoms with Crippen molar-refractivity contribution < 1.29 is 19.4 Å². The number of anilines is 1. The zero-order chi connectivity index (χ0) is 15.1. The Morgan fingerprint density at radius 2 is 2.10 bits per heavy atom. The zero-order valence-electron chi connectivity index (χ0n) is 11.9. The van der Waals surface area contributed by atoms with Gasteiger partial charge in [0.1, 0.15) is 5.75 Å². The molecule has 0 aliphatic rings. The van der Waals surface area contributed by atoms with Gasteiger partial charge in [0.25, 0.3) is 0 Å². The van der Waals surface area contributed by atoms with Crippen molar-refractivity contribution in [1.82, 2.24) is 5.32 Å². The second kappa shape index (κ2) is 7.37. The maximum atomic E-state index is 11.8. The number of nitrogens with one attached hydrogen (secondary N) is 2. The molecule has 0 spiro atoms. The maximum Gasteiger partial charge on any atom is 0.335 e. The molecule has 0 fully saturated rings. The predicted octanol–water partition coefficient (Wildman–Crippen LogP) is 2.56. The Morgan fingerprint density at radius 3 is 2.65 bits per heavy atom. The van der Waals surface area contributed by atoms with Crippen LogP contribution in [0, 0.1) is 5.92 Å². The number of urea groups is 1. The number of aromatic carboxylic acids is 1. The summed E-state index contributed by atoms with van der Waals surface area (Å²) in [4.78, 5) is 22.7. The van der Waals surface area contributed by atoms with E-state index in [0.29, 0.717) is 23.9 Å². The minimum Gasteiger partial charge on any atom is -0.495 e. The van der Waals surface area contributed by atoms with Crippen LogP contribution in [0.3, 0.4) is 0 Å². The summed E-state index contributed by atoms with van der Waals surface area (Å²) in [7, 11) is 1.46. The van der Waals surface area contributed by atoms with Crippen molar-refractivity contribution in [2.24, 2.45) is 5.92 Å². The van der Waals surface area contributed by atoms with Crippen LogP contribution in [0.5, 0.6) is 5.75 Å². The molecule has 0 saturated carbocycles. The fraction of sp³-hybridized carbons (Fsp3) is 0.429. The van der Waals surface area contributed by atoms with Gasteiger partial charge in [0.2, 0.25) is 0 Å². The Balaban J connectivity index is 2.76. The molecule has 0 aliphatic carbocycles. The van der Waals surface area contributed by atoms with E-state index in [1.165, 1.54) is 25.3 Å². The zero-order valence-corrected chi connectivity index (χ0v) is 11.9. The van der Waals surface area contributed by atoms with Crippen LogP contribution >= 0.6 is 0 Å². The quantitative estimate of drug-likeness (QED) is 0.747. The van der Waals surface area contributed by atoms with Crippen LogP contribution in [0.15, 0.2) is 18.2 Å². The molecular formula is C14H20N2O4. The standard InChI is InChI=1S/C14H20N2O4/c1-4-9(2)8-15-14(19)16-11-7-10(13(17)18)5-6-12(11)20-3/h5-7,9H,4,8H2,1-3H3,(H,17,18)(H2,15,16,19). The fourth-order valence-electron chi connectivity index (χ4n) is 1.52. The molecule has 6 heteroatoms. The van der Waals surface area contributed by atoms with Gasteiger partial charge in [0.05, 0.1) is 18.4 Å². The lowest BCUT2D eigenvalue weighted by Gasteiger charge is -2.13. The molecule has 0 saturated heterocycles. The lowest BCUT2D eigenvalue weighted by Crippen LogP contribution is -2.32. The third-order valence-electron chi connectivity index (χ3n) is 3.00. The summed E-state index contributed by atoms with van der Waals surface area (Å²) in [6, 6.07) is 3.91. The molecule has 20 heavy (non-hydrogen) atoms. The number of methoxy groups -OCH3 is 1. The lowest BCUT2D eigenvalue weighted by atomic mass is 10.1. The number of carboxylic acids is 1. The first-order valence-electron chi connectivity index (χ1n) is 6.44. The lowest BCUT2D eigenvalue weighted by molar-refractivity contribution is 0.0697. The second-order valence-corrected chi connectivity index (χ2v) is 4.57. The first-order chi connectivity index (χ1) is 9.47. The third-order valence-corrected chi connectivity index (χ3v) is 3.00. The molecule has 0 aromatic heterocycles. The topological polar surface area (TPSA) is 87.7 Å². The van der Waals surface area contributed by atoms with Crippen molar-refractivity contribution in [3.05, 3.63) is 23.8 Å². The summed E-state index contributed by atoms with van der Waals surface area (Å²) in [5.41, 5.74) is 0.414. The van der Waals surface area contributed by atoms with E-state index in [1.54, 1.807) is 0 Å². The van der Waals surface area contributed by atoms with Gasteiger partial charge in [-0.2, -0.15) is 0 Å². The van der Waals surface area contributed by atoms with Gasteiger partial charge >= 0.3 is 12.0 Å². The average molecular weight is 280 g/mol. The predicted molar refractivity (Wildman–Crippen MR) is 76.4 cm³/mol. The SMILES string of the molecule is CCC(C)CNC(=O)Nc1cc(C(=O)O)ccc1OC. The van der Waals surface area contributed by atoms with Crippen molar-refractivity contribution in [3.8, 4) is 5.75 Å². The molecule has 1 aromatic carbocycles. The molecule has 1 unspecified atom stereocenters. The molecular weight excluding hydrogens is 260 g/mol. The number of ether oxygens (including phenoxy) is 1. The summed E-state index contributed by atoms with van der Waals surface area (Å²) in [5.74, 6) is -0.266. The Kier molecular flexibility index (Phi) is 5.83. The van der Waals surface area contributed by atoms with E-state index < -0.39 is 5.97 Å². The number of amides is 2. The van der Waals surface area contributed by atoms with E-state index >= 15 is 0 Å². The fourth-order valence-corrected chi connectivity index (χ4v) is 1.52. The molecule has 0 heterocycles. The average Bonchev–Trinajstić information content (AvgIpc) is 2.44. The van der Waals surface area contributed by atoms with E-state index in [-0.39, 0.29) is 11.6 Å². The Morgan fingerprint density at radius 1 is 1.40 bits per heavy atom. The largest absolute Gasteiger partial charge is 0.495 e. The monoisotopic (exact) mass is 280 g/mol. The molecule has 3 N–H and O–H groups in total. The van der Waals surface area contributed by atoms with Crippen molar-refractivity contribution in [1.29, 1.82) is 0 Å². The highest BCUT2D eigenvalue weighted by molar-refractivity contribution is 5.94. The van der Waals surface area contributed by atoms with E-state index in [9.17, 15) is 9.59 Å². The van der Waals surface area contributed by atoms with Crippen molar-refractivity contribution in [2.45, 2.75) is 20.3 Å². The number of carbonyl (C=O) groups is 2. The minimum atomic E-state index is -1.06. The van der Waals surface area contributed by atoms with Crippen LogP contribution in [0.1, 0.15) is 30.6 Å². The van der Waals surface area contributed by atoms with E-state index in [0.717, 1.165) is 6.42 Å². The minimum absolute atomic E-state index is 0.0861. The van der Waals surface area contributed by atoms with Gasteiger partial charge in [0, 0.05) is 6.54 Å². The number of carboxylic acid groups (broad SMARTS) is 1. The van der Waals surface area contributed by atoms with Crippen LogP contribution in [-0.4, -0.2) is 30.8 Å². The molecule has 0 radical (unpaired) electrons. The maximum absolute atomic E-state index is 11.8. The number of benzene rings is 1. The first kappa shape index (κ1) is 15.8. The van der Waals surface area contributed by atoms with E-state index in [4.69, 9.17) is 9.84 Å². The van der Waals surface area contributed by atoms with Crippen LogP contribution in [0.25, 0.3) is 0 Å². The van der Waals surface area contributed by atoms with Crippen LogP contribution < -0.4 is 15.4 Å². The van der Waals surface area contributed by atoms with Gasteiger partial charge in [-0.25, -0.2) is 9.59 Å². The van der Waals surface area contributed by atoms with Gasteiger partial charge < -0.3 is 20.5 Å². The van der Waals surface area contributed by atoms with E-state index in [2.05, 4.69) is 10.6 Å². The summed E-state index contributed by atoms with van der Waals surface area (Å²) < 4.78 is 5.09. The van der Waals surface area contributed by atoms with Gasteiger partial charge in [-0.15, -0.1) is 0 Å². The van der Waals surface area contributed by atoms with Crippen LogP contribution in [-0.2, 0) is 0 Å². The molecule has 110 valence electrons. The molecule has 0 aliphatic heterocycles. The van der Waals surface area contributed by atoms with Crippen molar-refractivity contribution >= 4 is 17.7 Å². The first-order valence-corrected chi connectivity index (χ1v) is 6.44. The van der Waals surface area contributed by atoms with Gasteiger partial charge in [-0.05, 0) is 24.1 Å². The van der Waals surface area contributed by atoms with Crippen LogP contribution in [0.2, 0.25) is 0 Å². The number of hydrogen-bond donors (Lipinski definition) is 3. The molecule has 0 bridgehead atoms. The smallest absolute Gasteiger partial charge is 0.335 e. The van der Waals surface area contributed by atoms with Gasteiger partial charge in [-0.1, -0.05) is 20.3 Å². The molecule has 1 rings (SSSR count). The van der Waals surface area contributed by atoms with Gasteiger partial charge in [0.15, 0.2) is 0 Å². The second-order valence-electron chi connectivity index (χ2n) is 4.57. The van der Waals surface area contributed by atoms with Crippen LogP contribution in [0.4, 0.5) is 10.5 Å². The summed E-state index contributed by atoms with van der Waals surface area (Å²) >= 11 is 0. The Labute approximate surface area is 118 Å². The summed E-state index contributed by atoms with van der Waals surface area (Å²) in [5, 5.41) is 14.3. The highest BCUT2D eigenvalue weighted by Crippen LogP contribution is 2.25. The number of carbonyl (C=O) groups excluding carboxylic acids is 1. The van der Waals surface area contributed by atoms with E-state index in [1.807, 2.05) is 13.8 Å².